The van der Waals surface area contributed by atoms with Crippen LogP contribution in [0.2, 0.25) is 0 Å². The molecule has 2 heterocycles. The molecule has 2 saturated carbocycles. The summed E-state index contributed by atoms with van der Waals surface area (Å²) in [6.07, 6.45) is 6.47. The third-order valence-electron chi connectivity index (χ3n) is 5.76. The lowest BCUT2D eigenvalue weighted by Crippen LogP contribution is -2.41. The fraction of sp³-hybridized carbons (Fsp3) is 0.722. The first-order valence-corrected chi connectivity index (χ1v) is 9.06. The minimum atomic E-state index is -0.919. The Morgan fingerprint density at radius 2 is 1.79 bits per heavy atom. The molecule has 130 valence electrons. The van der Waals surface area contributed by atoms with Gasteiger partial charge in [-0.1, -0.05) is 0 Å². The maximum absolute atomic E-state index is 14.6. The van der Waals surface area contributed by atoms with Gasteiger partial charge in [-0.05, 0) is 65.5 Å². The average molecular weight is 332 g/mol. The highest BCUT2D eigenvalue weighted by molar-refractivity contribution is 6.53. The number of hydrogen-bond donors (Lipinski definition) is 0. The van der Waals surface area contributed by atoms with Crippen molar-refractivity contribution >= 4 is 7.12 Å². The van der Waals surface area contributed by atoms with E-state index in [0.29, 0.717) is 18.4 Å². The molecule has 0 N–H and O–H groups in total. The standard InChI is InChI=1S/C18H26BFN2O2/c1-17(2)18(3,4)24-19(23-17)16(20)9-10-22-15(13-7-8-13)11-14(21-22)12-5-6-12/h9,11-13H,5-8,10H2,1-4H3. The Kier molecular flexibility index (Phi) is 3.70. The van der Waals surface area contributed by atoms with E-state index in [1.54, 1.807) is 6.08 Å². The summed E-state index contributed by atoms with van der Waals surface area (Å²) in [5, 5.41) is 4.71. The molecule has 1 aliphatic heterocycles. The largest absolute Gasteiger partial charge is 0.524 e. The Balaban J connectivity index is 1.49. The maximum atomic E-state index is 14.6. The van der Waals surface area contributed by atoms with Gasteiger partial charge in [-0.25, -0.2) is 4.39 Å². The van der Waals surface area contributed by atoms with Crippen molar-refractivity contribution in [2.75, 3.05) is 0 Å². The molecule has 0 amide bonds. The summed E-state index contributed by atoms with van der Waals surface area (Å²) >= 11 is 0. The van der Waals surface area contributed by atoms with Crippen molar-refractivity contribution in [3.63, 3.8) is 0 Å². The average Bonchev–Trinajstić information content (AvgIpc) is 3.41. The van der Waals surface area contributed by atoms with E-state index in [-0.39, 0.29) is 5.73 Å². The normalized spacial score (nSPS) is 26.2. The lowest BCUT2D eigenvalue weighted by molar-refractivity contribution is 0.00578. The van der Waals surface area contributed by atoms with Gasteiger partial charge in [-0.3, -0.25) is 4.68 Å². The summed E-state index contributed by atoms with van der Waals surface area (Å²) in [6.45, 7) is 8.16. The molecule has 1 saturated heterocycles. The topological polar surface area (TPSA) is 36.3 Å². The molecule has 1 aromatic rings. The quantitative estimate of drug-likeness (QED) is 0.761. The summed E-state index contributed by atoms with van der Waals surface area (Å²) < 4.78 is 28.1. The van der Waals surface area contributed by atoms with Gasteiger partial charge in [0.15, 0.2) is 0 Å². The van der Waals surface area contributed by atoms with Gasteiger partial charge in [0.05, 0.1) is 23.4 Å². The molecule has 1 aromatic heterocycles. The second-order valence-corrected chi connectivity index (χ2v) is 8.40. The molecule has 3 aliphatic rings. The van der Waals surface area contributed by atoms with Crippen molar-refractivity contribution in [3.8, 4) is 0 Å². The van der Waals surface area contributed by atoms with Crippen molar-refractivity contribution in [2.24, 2.45) is 0 Å². The second-order valence-electron chi connectivity index (χ2n) is 8.40. The highest BCUT2D eigenvalue weighted by Crippen LogP contribution is 2.45. The minimum absolute atomic E-state index is 0.362. The highest BCUT2D eigenvalue weighted by atomic mass is 19.1. The number of aromatic nitrogens is 2. The first kappa shape index (κ1) is 16.3. The predicted octanol–water partition coefficient (Wildman–Crippen LogP) is 4.12. The van der Waals surface area contributed by atoms with Crippen LogP contribution < -0.4 is 0 Å². The van der Waals surface area contributed by atoms with Crippen LogP contribution in [0, 0.1) is 0 Å². The van der Waals surface area contributed by atoms with Gasteiger partial charge < -0.3 is 9.31 Å². The van der Waals surface area contributed by atoms with Gasteiger partial charge in [-0.2, -0.15) is 5.10 Å². The number of nitrogens with zero attached hydrogens (tertiary/aromatic N) is 2. The van der Waals surface area contributed by atoms with Crippen molar-refractivity contribution < 1.29 is 13.7 Å². The first-order valence-electron chi connectivity index (χ1n) is 9.06. The molecule has 0 aromatic carbocycles. The van der Waals surface area contributed by atoms with Gasteiger partial charge >= 0.3 is 7.12 Å². The maximum Gasteiger partial charge on any atom is 0.524 e. The molecule has 2 aliphatic carbocycles. The van der Waals surface area contributed by atoms with Crippen molar-refractivity contribution in [2.45, 2.75) is 83.0 Å². The Labute approximate surface area is 143 Å². The summed E-state index contributed by atoms with van der Waals surface area (Å²) in [6, 6.07) is 2.23. The van der Waals surface area contributed by atoms with Crippen LogP contribution in [0.4, 0.5) is 4.39 Å². The van der Waals surface area contributed by atoms with E-state index in [2.05, 4.69) is 6.07 Å². The van der Waals surface area contributed by atoms with E-state index >= 15 is 0 Å². The molecule has 6 heteroatoms. The lowest BCUT2D eigenvalue weighted by atomic mass is 9.88. The summed E-state index contributed by atoms with van der Waals surface area (Å²) in [5.74, 6) is 1.24. The van der Waals surface area contributed by atoms with Crippen molar-refractivity contribution in [3.05, 3.63) is 29.3 Å². The third kappa shape index (κ3) is 2.95. The monoisotopic (exact) mass is 332 g/mol. The van der Waals surface area contributed by atoms with Crippen LogP contribution in [-0.2, 0) is 15.9 Å². The SMILES string of the molecule is CC1(C)OB(C(F)=CCn2nc(C3CC3)cc2C2CC2)OC1(C)C. The Hall–Kier alpha value is -1.14. The molecular formula is C18H26BFN2O2. The highest BCUT2D eigenvalue weighted by Gasteiger charge is 2.53. The van der Waals surface area contributed by atoms with Crippen molar-refractivity contribution in [1.29, 1.82) is 0 Å². The van der Waals surface area contributed by atoms with Crippen LogP contribution in [0.25, 0.3) is 0 Å². The summed E-state index contributed by atoms with van der Waals surface area (Å²) in [5.41, 5.74) is 1.04. The van der Waals surface area contributed by atoms with Crippen LogP contribution >= 0.6 is 0 Å². The van der Waals surface area contributed by atoms with Gasteiger partial charge in [0.2, 0.25) is 0 Å². The summed E-state index contributed by atoms with van der Waals surface area (Å²) in [7, 11) is -0.919. The Morgan fingerprint density at radius 3 is 2.33 bits per heavy atom. The van der Waals surface area contributed by atoms with E-state index in [1.165, 1.54) is 37.1 Å². The van der Waals surface area contributed by atoms with Crippen LogP contribution in [0.5, 0.6) is 0 Å². The van der Waals surface area contributed by atoms with Crippen molar-refractivity contribution in [1.82, 2.24) is 9.78 Å². The number of rotatable bonds is 5. The van der Waals surface area contributed by atoms with E-state index in [1.807, 2.05) is 32.4 Å². The van der Waals surface area contributed by atoms with Gasteiger partial charge in [0.1, 0.15) is 5.73 Å². The van der Waals surface area contributed by atoms with Gasteiger partial charge in [-0.15, -0.1) is 0 Å². The zero-order chi connectivity index (χ0) is 17.1. The molecule has 0 atom stereocenters. The van der Waals surface area contributed by atoms with E-state index in [9.17, 15) is 4.39 Å². The lowest BCUT2D eigenvalue weighted by Gasteiger charge is -2.32. The molecule has 4 nitrogen and oxygen atoms in total. The first-order chi connectivity index (χ1) is 11.3. The van der Waals surface area contributed by atoms with Gasteiger partial charge in [0.25, 0.3) is 0 Å². The Morgan fingerprint density at radius 1 is 1.21 bits per heavy atom. The van der Waals surface area contributed by atoms with Crippen LogP contribution in [0.3, 0.4) is 0 Å². The molecule has 0 bridgehead atoms. The third-order valence-corrected chi connectivity index (χ3v) is 5.76. The fourth-order valence-corrected chi connectivity index (χ4v) is 3.11. The van der Waals surface area contributed by atoms with E-state index < -0.39 is 18.3 Å². The molecule has 3 fully saturated rings. The van der Waals surface area contributed by atoms with E-state index in [4.69, 9.17) is 14.4 Å². The Bertz CT molecular complexity index is 659. The molecule has 0 radical (unpaired) electrons. The molecule has 24 heavy (non-hydrogen) atoms. The van der Waals surface area contributed by atoms with Gasteiger partial charge in [0, 0.05) is 17.5 Å². The fourth-order valence-electron chi connectivity index (χ4n) is 3.11. The molecular weight excluding hydrogens is 306 g/mol. The summed E-state index contributed by atoms with van der Waals surface area (Å²) in [4.78, 5) is 0. The smallest absolute Gasteiger partial charge is 0.398 e. The second kappa shape index (κ2) is 5.43. The number of allylic oxidation sites excluding steroid dienone is 1. The number of hydrogen-bond acceptors (Lipinski definition) is 3. The van der Waals surface area contributed by atoms with E-state index in [0.717, 1.165) is 0 Å². The predicted molar refractivity (Wildman–Crippen MR) is 91.5 cm³/mol. The zero-order valence-electron chi connectivity index (χ0n) is 15.0. The molecule has 0 spiro atoms. The zero-order valence-corrected chi connectivity index (χ0v) is 15.0. The minimum Gasteiger partial charge on any atom is -0.398 e. The number of halogens is 1. The molecule has 4 rings (SSSR count). The molecule has 0 unspecified atom stereocenters. The van der Waals surface area contributed by atoms with Crippen LogP contribution in [0.15, 0.2) is 17.9 Å². The van der Waals surface area contributed by atoms with Crippen LogP contribution in [0.1, 0.15) is 76.6 Å². The van der Waals surface area contributed by atoms with Crippen LogP contribution in [-0.4, -0.2) is 28.1 Å².